The molecule has 116 valence electrons. The monoisotopic (exact) mass is 312 g/mol. The van der Waals surface area contributed by atoms with Crippen LogP contribution in [0.15, 0.2) is 30.3 Å². The molecule has 6 nitrogen and oxygen atoms in total. The predicted molar refractivity (Wildman–Crippen MR) is 79.3 cm³/mol. The van der Waals surface area contributed by atoms with Crippen LogP contribution in [0.4, 0.5) is 0 Å². The maximum absolute atomic E-state index is 12.3. The van der Waals surface area contributed by atoms with Gasteiger partial charge < -0.3 is 10.0 Å². The molecule has 0 aliphatic carbocycles. The first-order valence-corrected chi connectivity index (χ1v) is 8.35. The van der Waals surface area contributed by atoms with Crippen LogP contribution in [0, 0.1) is 5.92 Å². The van der Waals surface area contributed by atoms with Crippen molar-refractivity contribution >= 4 is 15.9 Å². The standard InChI is InChI=1S/C14H20N2O4S/c1-15(2)21(19,20)10-12-8-16(9-13(12)17)14(18)11-6-4-3-5-7-11/h3-7,12-13,17H,8-10H2,1-2H3/t12-,13+/m0/s1. The molecule has 1 aromatic carbocycles. The number of likely N-dealkylation sites (tertiary alicyclic amines) is 1. The van der Waals surface area contributed by atoms with Gasteiger partial charge in [0.15, 0.2) is 0 Å². The van der Waals surface area contributed by atoms with Gasteiger partial charge in [-0.3, -0.25) is 4.79 Å². The third-order valence-corrected chi connectivity index (χ3v) is 5.66. The van der Waals surface area contributed by atoms with Crippen molar-refractivity contribution in [2.45, 2.75) is 6.10 Å². The van der Waals surface area contributed by atoms with Crippen molar-refractivity contribution in [3.63, 3.8) is 0 Å². The summed E-state index contributed by atoms with van der Waals surface area (Å²) in [5, 5.41) is 10.0. The summed E-state index contributed by atoms with van der Waals surface area (Å²) in [6.45, 7) is 0.420. The Morgan fingerprint density at radius 3 is 2.48 bits per heavy atom. The van der Waals surface area contributed by atoms with Crippen molar-refractivity contribution in [1.82, 2.24) is 9.21 Å². The smallest absolute Gasteiger partial charge is 0.253 e. The summed E-state index contributed by atoms with van der Waals surface area (Å²) in [5.74, 6) is -0.788. The van der Waals surface area contributed by atoms with E-state index in [4.69, 9.17) is 0 Å². The van der Waals surface area contributed by atoms with Gasteiger partial charge in [-0.25, -0.2) is 12.7 Å². The van der Waals surface area contributed by atoms with Crippen LogP contribution < -0.4 is 0 Å². The molecule has 0 aromatic heterocycles. The van der Waals surface area contributed by atoms with Gasteiger partial charge in [-0.15, -0.1) is 0 Å². The first-order valence-electron chi connectivity index (χ1n) is 6.74. The van der Waals surface area contributed by atoms with Gasteiger partial charge in [-0.1, -0.05) is 18.2 Å². The maximum atomic E-state index is 12.3. The second-order valence-corrected chi connectivity index (χ2v) is 7.69. The normalized spacial score (nSPS) is 22.8. The van der Waals surface area contributed by atoms with Gasteiger partial charge in [0.25, 0.3) is 5.91 Å². The number of aliphatic hydroxyl groups is 1. The van der Waals surface area contributed by atoms with E-state index in [1.54, 1.807) is 24.3 Å². The Bertz CT molecular complexity index is 601. The molecular weight excluding hydrogens is 292 g/mol. The summed E-state index contributed by atoms with van der Waals surface area (Å²) < 4.78 is 24.9. The lowest BCUT2D eigenvalue weighted by molar-refractivity contribution is 0.0764. The lowest BCUT2D eigenvalue weighted by Crippen LogP contribution is -2.33. The van der Waals surface area contributed by atoms with Crippen LogP contribution in [0.1, 0.15) is 10.4 Å². The molecule has 1 N–H and O–H groups in total. The average Bonchev–Trinajstić information content (AvgIpc) is 2.79. The van der Waals surface area contributed by atoms with Crippen LogP contribution in [0.25, 0.3) is 0 Å². The number of hydrogen-bond donors (Lipinski definition) is 1. The molecule has 1 amide bonds. The average molecular weight is 312 g/mol. The lowest BCUT2D eigenvalue weighted by Gasteiger charge is -2.18. The molecule has 1 aliphatic rings. The number of carbonyl (C=O) groups is 1. The molecular formula is C14H20N2O4S. The summed E-state index contributed by atoms with van der Waals surface area (Å²) in [5.41, 5.74) is 0.542. The maximum Gasteiger partial charge on any atom is 0.253 e. The van der Waals surface area contributed by atoms with Gasteiger partial charge in [0.05, 0.1) is 11.9 Å². The highest BCUT2D eigenvalue weighted by atomic mass is 32.2. The summed E-state index contributed by atoms with van der Waals surface area (Å²) in [7, 11) is -0.469. The SMILES string of the molecule is CN(C)S(=O)(=O)C[C@@H]1CN(C(=O)c2ccccc2)C[C@H]1O. The number of amides is 1. The minimum absolute atomic E-state index is 0.153. The molecule has 1 aromatic rings. The van der Waals surface area contributed by atoms with E-state index in [0.29, 0.717) is 5.56 Å². The summed E-state index contributed by atoms with van der Waals surface area (Å²) in [6, 6.07) is 8.78. The third kappa shape index (κ3) is 3.61. The van der Waals surface area contributed by atoms with E-state index in [-0.39, 0.29) is 24.7 Å². The fraction of sp³-hybridized carbons (Fsp3) is 0.500. The molecule has 1 saturated heterocycles. The highest BCUT2D eigenvalue weighted by Gasteiger charge is 2.37. The summed E-state index contributed by atoms with van der Waals surface area (Å²) in [4.78, 5) is 13.8. The van der Waals surface area contributed by atoms with Crippen molar-refractivity contribution in [2.75, 3.05) is 32.9 Å². The Hall–Kier alpha value is -1.44. The van der Waals surface area contributed by atoms with E-state index in [0.717, 1.165) is 4.31 Å². The highest BCUT2D eigenvalue weighted by molar-refractivity contribution is 7.89. The van der Waals surface area contributed by atoms with Crippen LogP contribution >= 0.6 is 0 Å². The quantitative estimate of drug-likeness (QED) is 0.849. The molecule has 2 rings (SSSR count). The molecule has 0 bridgehead atoms. The Morgan fingerprint density at radius 1 is 1.29 bits per heavy atom. The zero-order valence-corrected chi connectivity index (χ0v) is 13.0. The minimum atomic E-state index is -3.39. The number of carbonyl (C=O) groups excluding carboxylic acids is 1. The van der Waals surface area contributed by atoms with Crippen molar-refractivity contribution in [1.29, 1.82) is 0 Å². The molecule has 0 radical (unpaired) electrons. The molecule has 0 unspecified atom stereocenters. The van der Waals surface area contributed by atoms with Gasteiger partial charge in [0.2, 0.25) is 10.0 Å². The number of aliphatic hydroxyl groups excluding tert-OH is 1. The molecule has 2 atom stereocenters. The van der Waals surface area contributed by atoms with Crippen LogP contribution in [-0.2, 0) is 10.0 Å². The van der Waals surface area contributed by atoms with E-state index >= 15 is 0 Å². The fourth-order valence-electron chi connectivity index (χ4n) is 2.37. The van der Waals surface area contributed by atoms with E-state index in [9.17, 15) is 18.3 Å². The second-order valence-electron chi connectivity index (χ2n) is 5.46. The molecule has 21 heavy (non-hydrogen) atoms. The number of β-amino-alcohol motifs (C(OH)–C–C–N with tert-alkyl or cyclic N) is 1. The first kappa shape index (κ1) is 15.9. The number of nitrogens with zero attached hydrogens (tertiary/aromatic N) is 2. The number of benzene rings is 1. The summed E-state index contributed by atoms with van der Waals surface area (Å²) >= 11 is 0. The lowest BCUT2D eigenvalue weighted by atomic mass is 10.1. The fourth-order valence-corrected chi connectivity index (χ4v) is 3.53. The van der Waals surface area contributed by atoms with E-state index in [1.165, 1.54) is 19.0 Å². The minimum Gasteiger partial charge on any atom is -0.391 e. The molecule has 1 fully saturated rings. The highest BCUT2D eigenvalue weighted by Crippen LogP contribution is 2.21. The molecule has 1 heterocycles. The Labute approximate surface area is 125 Å². The Kier molecular flexibility index (Phi) is 4.65. The molecule has 0 spiro atoms. The van der Waals surface area contributed by atoms with Crippen LogP contribution in [0.3, 0.4) is 0 Å². The topological polar surface area (TPSA) is 77.9 Å². The van der Waals surface area contributed by atoms with Crippen molar-refractivity contribution in [3.8, 4) is 0 Å². The van der Waals surface area contributed by atoms with Gasteiger partial charge in [0.1, 0.15) is 0 Å². The number of sulfonamides is 1. The zero-order valence-electron chi connectivity index (χ0n) is 12.1. The first-order chi connectivity index (χ1) is 9.81. The van der Waals surface area contributed by atoms with Crippen molar-refractivity contribution < 1.29 is 18.3 Å². The second kappa shape index (κ2) is 6.13. The Balaban J connectivity index is 2.06. The van der Waals surface area contributed by atoms with Gasteiger partial charge in [-0.05, 0) is 12.1 Å². The van der Waals surface area contributed by atoms with E-state index < -0.39 is 22.0 Å². The van der Waals surface area contributed by atoms with Crippen molar-refractivity contribution in [3.05, 3.63) is 35.9 Å². The third-order valence-electron chi connectivity index (χ3n) is 3.70. The zero-order chi connectivity index (χ0) is 15.6. The molecule has 0 saturated carbocycles. The Morgan fingerprint density at radius 2 is 1.90 bits per heavy atom. The van der Waals surface area contributed by atoms with E-state index in [1.807, 2.05) is 6.07 Å². The van der Waals surface area contributed by atoms with Gasteiger partial charge >= 0.3 is 0 Å². The van der Waals surface area contributed by atoms with Gasteiger partial charge in [-0.2, -0.15) is 0 Å². The van der Waals surface area contributed by atoms with Crippen molar-refractivity contribution in [2.24, 2.45) is 5.92 Å². The summed E-state index contributed by atoms with van der Waals surface area (Å²) in [6.07, 6.45) is -0.813. The predicted octanol–water partition coefficient (Wildman–Crippen LogP) is 0.0109. The van der Waals surface area contributed by atoms with Gasteiger partial charge in [0, 0.05) is 38.7 Å². The molecule has 7 heteroatoms. The van der Waals surface area contributed by atoms with E-state index in [2.05, 4.69) is 0 Å². The molecule has 1 aliphatic heterocycles. The number of hydrogen-bond acceptors (Lipinski definition) is 4. The number of rotatable bonds is 4. The van der Waals surface area contributed by atoms with Crippen LogP contribution in [-0.4, -0.2) is 67.7 Å². The van der Waals surface area contributed by atoms with Crippen LogP contribution in [0.5, 0.6) is 0 Å². The van der Waals surface area contributed by atoms with Crippen LogP contribution in [0.2, 0.25) is 0 Å². The largest absolute Gasteiger partial charge is 0.391 e.